The molecular formula is C15H18BrNO. The summed E-state index contributed by atoms with van der Waals surface area (Å²) in [5.41, 5.74) is 2.47. The first-order valence-electron chi connectivity index (χ1n) is 6.17. The van der Waals surface area contributed by atoms with Crippen LogP contribution in [0.1, 0.15) is 35.6 Å². The summed E-state index contributed by atoms with van der Waals surface area (Å²) in [4.78, 5) is 0. The fraction of sp³-hybridized carbons (Fsp3) is 0.333. The van der Waals surface area contributed by atoms with Gasteiger partial charge in [0.1, 0.15) is 11.5 Å². The Morgan fingerprint density at radius 1 is 1.22 bits per heavy atom. The Hall–Kier alpha value is -1.06. The van der Waals surface area contributed by atoms with Gasteiger partial charge in [-0.2, -0.15) is 0 Å². The highest BCUT2D eigenvalue weighted by Crippen LogP contribution is 2.28. The van der Waals surface area contributed by atoms with Crippen LogP contribution in [0.5, 0.6) is 0 Å². The van der Waals surface area contributed by atoms with Crippen LogP contribution in [0.3, 0.4) is 0 Å². The molecule has 0 aliphatic heterocycles. The van der Waals surface area contributed by atoms with Crippen LogP contribution in [0.25, 0.3) is 0 Å². The summed E-state index contributed by atoms with van der Waals surface area (Å²) in [6.45, 7) is 7.05. The van der Waals surface area contributed by atoms with Crippen molar-refractivity contribution in [1.82, 2.24) is 5.32 Å². The minimum absolute atomic E-state index is 0.195. The van der Waals surface area contributed by atoms with Crippen LogP contribution in [-0.4, -0.2) is 6.54 Å². The monoisotopic (exact) mass is 307 g/mol. The summed E-state index contributed by atoms with van der Waals surface area (Å²) < 4.78 is 6.74. The van der Waals surface area contributed by atoms with Crippen molar-refractivity contribution < 1.29 is 4.42 Å². The van der Waals surface area contributed by atoms with Gasteiger partial charge in [-0.3, -0.25) is 0 Å². The van der Waals surface area contributed by atoms with E-state index in [1.54, 1.807) is 0 Å². The predicted octanol–water partition coefficient (Wildman–Crippen LogP) is 4.36. The molecule has 2 rings (SSSR count). The normalized spacial score (nSPS) is 12.7. The van der Waals surface area contributed by atoms with Crippen LogP contribution in [0.4, 0.5) is 0 Å². The molecule has 0 saturated heterocycles. The van der Waals surface area contributed by atoms with Gasteiger partial charge in [-0.15, -0.1) is 0 Å². The topological polar surface area (TPSA) is 25.2 Å². The molecule has 2 aromatic rings. The van der Waals surface area contributed by atoms with Crippen molar-refractivity contribution >= 4 is 15.9 Å². The van der Waals surface area contributed by atoms with E-state index in [9.17, 15) is 0 Å². The molecule has 0 saturated carbocycles. The molecule has 0 fully saturated rings. The molecule has 1 aromatic carbocycles. The molecule has 3 heteroatoms. The lowest BCUT2D eigenvalue weighted by molar-refractivity contribution is 0.495. The van der Waals surface area contributed by atoms with E-state index in [2.05, 4.69) is 58.5 Å². The Morgan fingerprint density at radius 3 is 2.39 bits per heavy atom. The van der Waals surface area contributed by atoms with Crippen LogP contribution in [0, 0.1) is 13.8 Å². The zero-order valence-corrected chi connectivity index (χ0v) is 12.5. The number of furan rings is 1. The zero-order chi connectivity index (χ0) is 13.1. The summed E-state index contributed by atoms with van der Waals surface area (Å²) in [6.07, 6.45) is 0. The van der Waals surface area contributed by atoms with Gasteiger partial charge in [0, 0.05) is 10.0 Å². The predicted molar refractivity (Wildman–Crippen MR) is 77.8 cm³/mol. The number of rotatable bonds is 4. The van der Waals surface area contributed by atoms with E-state index < -0.39 is 0 Å². The summed E-state index contributed by atoms with van der Waals surface area (Å²) >= 11 is 3.47. The number of hydrogen-bond donors (Lipinski definition) is 1. The fourth-order valence-electron chi connectivity index (χ4n) is 2.20. The average Bonchev–Trinajstić information content (AvgIpc) is 2.67. The van der Waals surface area contributed by atoms with E-state index in [1.807, 2.05) is 13.8 Å². The molecule has 0 radical (unpaired) electrons. The molecule has 18 heavy (non-hydrogen) atoms. The minimum Gasteiger partial charge on any atom is -0.466 e. The minimum atomic E-state index is 0.195. The Morgan fingerprint density at radius 2 is 1.89 bits per heavy atom. The van der Waals surface area contributed by atoms with Crippen molar-refractivity contribution in [2.45, 2.75) is 26.8 Å². The van der Waals surface area contributed by atoms with Crippen molar-refractivity contribution in [2.24, 2.45) is 0 Å². The van der Waals surface area contributed by atoms with E-state index in [4.69, 9.17) is 4.42 Å². The molecule has 0 aliphatic carbocycles. The first-order valence-corrected chi connectivity index (χ1v) is 6.97. The highest BCUT2D eigenvalue weighted by Gasteiger charge is 2.18. The van der Waals surface area contributed by atoms with Crippen molar-refractivity contribution in [1.29, 1.82) is 0 Å². The Balaban J connectivity index is 2.39. The van der Waals surface area contributed by atoms with Gasteiger partial charge in [0.15, 0.2) is 0 Å². The largest absolute Gasteiger partial charge is 0.466 e. The molecule has 0 spiro atoms. The highest BCUT2D eigenvalue weighted by atomic mass is 79.9. The molecule has 0 amide bonds. The smallest absolute Gasteiger partial charge is 0.106 e. The van der Waals surface area contributed by atoms with Crippen molar-refractivity contribution in [3.05, 3.63) is 57.5 Å². The maximum absolute atomic E-state index is 5.64. The Kier molecular flexibility index (Phi) is 4.25. The quantitative estimate of drug-likeness (QED) is 0.908. The fourth-order valence-corrected chi connectivity index (χ4v) is 2.47. The number of benzene rings is 1. The summed E-state index contributed by atoms with van der Waals surface area (Å²) in [7, 11) is 0. The van der Waals surface area contributed by atoms with Crippen LogP contribution in [0.2, 0.25) is 0 Å². The van der Waals surface area contributed by atoms with Gasteiger partial charge in [0.25, 0.3) is 0 Å². The molecule has 1 N–H and O–H groups in total. The van der Waals surface area contributed by atoms with Gasteiger partial charge in [0.2, 0.25) is 0 Å². The van der Waals surface area contributed by atoms with Crippen LogP contribution < -0.4 is 5.32 Å². The molecular weight excluding hydrogens is 290 g/mol. The van der Waals surface area contributed by atoms with Crippen molar-refractivity contribution in [2.75, 3.05) is 6.54 Å². The van der Waals surface area contributed by atoms with Gasteiger partial charge >= 0.3 is 0 Å². The lowest BCUT2D eigenvalue weighted by Gasteiger charge is -2.18. The van der Waals surface area contributed by atoms with Gasteiger partial charge in [-0.05, 0) is 44.2 Å². The second-order valence-electron chi connectivity index (χ2n) is 4.41. The second-order valence-corrected chi connectivity index (χ2v) is 5.33. The lowest BCUT2D eigenvalue weighted by Crippen LogP contribution is -2.22. The molecule has 1 heterocycles. The summed E-state index contributed by atoms with van der Waals surface area (Å²) in [5, 5.41) is 3.51. The Labute approximate surface area is 117 Å². The van der Waals surface area contributed by atoms with Gasteiger partial charge in [-0.1, -0.05) is 35.0 Å². The standard InChI is InChI=1S/C15H18BrNO/c1-4-17-15(12-5-7-13(16)8-6-12)14-9-10(2)18-11(14)3/h5-9,15,17H,4H2,1-3H3. The Bertz CT molecular complexity index is 516. The van der Waals surface area contributed by atoms with E-state index in [0.717, 1.165) is 22.5 Å². The maximum atomic E-state index is 5.64. The zero-order valence-electron chi connectivity index (χ0n) is 11.0. The van der Waals surface area contributed by atoms with Gasteiger partial charge in [-0.25, -0.2) is 0 Å². The average molecular weight is 308 g/mol. The van der Waals surface area contributed by atoms with Crippen LogP contribution >= 0.6 is 15.9 Å². The summed E-state index contributed by atoms with van der Waals surface area (Å²) in [6, 6.07) is 10.7. The number of hydrogen-bond acceptors (Lipinski definition) is 2. The highest BCUT2D eigenvalue weighted by molar-refractivity contribution is 9.10. The SMILES string of the molecule is CCNC(c1ccc(Br)cc1)c1cc(C)oc1C. The maximum Gasteiger partial charge on any atom is 0.106 e. The van der Waals surface area contributed by atoms with Crippen molar-refractivity contribution in [3.63, 3.8) is 0 Å². The first kappa shape index (κ1) is 13.4. The molecule has 1 unspecified atom stereocenters. The third kappa shape index (κ3) is 2.85. The molecule has 96 valence electrons. The lowest BCUT2D eigenvalue weighted by atomic mass is 9.99. The number of halogens is 1. The van der Waals surface area contributed by atoms with Crippen molar-refractivity contribution in [3.8, 4) is 0 Å². The molecule has 0 aliphatic rings. The third-order valence-corrected chi connectivity index (χ3v) is 3.53. The van der Waals surface area contributed by atoms with Gasteiger partial charge in [0.05, 0.1) is 6.04 Å². The second kappa shape index (κ2) is 5.72. The van der Waals surface area contributed by atoms with E-state index in [1.165, 1.54) is 11.1 Å². The van der Waals surface area contributed by atoms with E-state index in [0.29, 0.717) is 0 Å². The van der Waals surface area contributed by atoms with Crippen LogP contribution in [0.15, 0.2) is 39.2 Å². The first-order chi connectivity index (χ1) is 8.61. The van der Waals surface area contributed by atoms with Crippen LogP contribution in [-0.2, 0) is 0 Å². The molecule has 1 aromatic heterocycles. The number of nitrogens with one attached hydrogen (secondary N) is 1. The molecule has 1 atom stereocenters. The molecule has 0 bridgehead atoms. The molecule has 2 nitrogen and oxygen atoms in total. The third-order valence-electron chi connectivity index (χ3n) is 3.00. The van der Waals surface area contributed by atoms with E-state index in [-0.39, 0.29) is 6.04 Å². The summed E-state index contributed by atoms with van der Waals surface area (Å²) in [5.74, 6) is 1.95. The van der Waals surface area contributed by atoms with E-state index >= 15 is 0 Å². The number of aryl methyl sites for hydroxylation is 2. The van der Waals surface area contributed by atoms with Gasteiger partial charge < -0.3 is 9.73 Å².